The van der Waals surface area contributed by atoms with Gasteiger partial charge in [-0.2, -0.15) is 0 Å². The number of ether oxygens (including phenoxy) is 1. The Morgan fingerprint density at radius 3 is 2.52 bits per heavy atom. The van der Waals surface area contributed by atoms with Crippen LogP contribution in [0.5, 0.6) is 5.75 Å². The standard InChI is InChI=1S/C15H13N3OS.ClH/c1-19-12-7-5-11(6-8-12)17-15-18-14(10-20-15)13-4-2-3-9-16-13;/h2-10H,1H3,(H,17,18);1H. The molecule has 0 saturated heterocycles. The lowest BCUT2D eigenvalue weighted by atomic mass is 10.3. The Kier molecular flexibility index (Phi) is 5.14. The van der Waals surface area contributed by atoms with E-state index in [4.69, 9.17) is 4.74 Å². The number of hydrogen-bond donors (Lipinski definition) is 1. The van der Waals surface area contributed by atoms with Gasteiger partial charge >= 0.3 is 0 Å². The highest BCUT2D eigenvalue weighted by atomic mass is 35.5. The lowest BCUT2D eigenvalue weighted by Crippen LogP contribution is -1.90. The number of benzene rings is 1. The molecule has 0 saturated carbocycles. The van der Waals surface area contributed by atoms with Crippen LogP contribution in [-0.4, -0.2) is 17.1 Å². The predicted molar refractivity (Wildman–Crippen MR) is 88.9 cm³/mol. The molecule has 0 aliphatic rings. The molecule has 6 heteroatoms. The van der Waals surface area contributed by atoms with Crippen molar-refractivity contribution in [1.82, 2.24) is 9.97 Å². The molecule has 0 amide bonds. The van der Waals surface area contributed by atoms with Crippen LogP contribution in [0.2, 0.25) is 0 Å². The first-order chi connectivity index (χ1) is 9.85. The fourth-order valence-electron chi connectivity index (χ4n) is 1.76. The Balaban J connectivity index is 0.00000161. The van der Waals surface area contributed by atoms with E-state index < -0.39 is 0 Å². The number of pyridine rings is 1. The van der Waals surface area contributed by atoms with Gasteiger partial charge in [0.2, 0.25) is 0 Å². The molecule has 0 atom stereocenters. The number of nitrogens with one attached hydrogen (secondary N) is 1. The lowest BCUT2D eigenvalue weighted by molar-refractivity contribution is 0.415. The van der Waals surface area contributed by atoms with E-state index in [-0.39, 0.29) is 12.4 Å². The highest BCUT2D eigenvalue weighted by Crippen LogP contribution is 2.26. The average molecular weight is 320 g/mol. The van der Waals surface area contributed by atoms with Crippen LogP contribution >= 0.6 is 23.7 Å². The summed E-state index contributed by atoms with van der Waals surface area (Å²) in [6.45, 7) is 0. The van der Waals surface area contributed by atoms with Gasteiger partial charge in [0.1, 0.15) is 11.4 Å². The van der Waals surface area contributed by atoms with Crippen LogP contribution in [0.15, 0.2) is 54.0 Å². The molecule has 3 rings (SSSR count). The van der Waals surface area contributed by atoms with Crippen molar-refractivity contribution < 1.29 is 4.74 Å². The first-order valence-corrected chi connectivity index (χ1v) is 7.01. The van der Waals surface area contributed by atoms with Gasteiger partial charge in [0, 0.05) is 17.3 Å². The van der Waals surface area contributed by atoms with Crippen LogP contribution in [0.1, 0.15) is 0 Å². The van der Waals surface area contributed by atoms with Gasteiger partial charge in [-0.15, -0.1) is 23.7 Å². The summed E-state index contributed by atoms with van der Waals surface area (Å²) in [5.74, 6) is 0.837. The summed E-state index contributed by atoms with van der Waals surface area (Å²) < 4.78 is 5.13. The summed E-state index contributed by atoms with van der Waals surface area (Å²) in [7, 11) is 1.66. The molecule has 3 aromatic rings. The first kappa shape index (κ1) is 15.3. The van der Waals surface area contributed by atoms with Crippen molar-refractivity contribution >= 4 is 34.6 Å². The van der Waals surface area contributed by atoms with E-state index in [2.05, 4.69) is 15.3 Å². The van der Waals surface area contributed by atoms with E-state index >= 15 is 0 Å². The van der Waals surface area contributed by atoms with Crippen LogP contribution in [-0.2, 0) is 0 Å². The number of anilines is 2. The molecule has 1 aromatic carbocycles. The zero-order valence-corrected chi connectivity index (χ0v) is 12.9. The summed E-state index contributed by atoms with van der Waals surface area (Å²) in [6, 6.07) is 13.5. The van der Waals surface area contributed by atoms with Crippen molar-refractivity contribution in [1.29, 1.82) is 0 Å². The van der Waals surface area contributed by atoms with Crippen LogP contribution in [0, 0.1) is 0 Å². The lowest BCUT2D eigenvalue weighted by Gasteiger charge is -2.03. The van der Waals surface area contributed by atoms with Gasteiger partial charge < -0.3 is 10.1 Å². The monoisotopic (exact) mass is 319 g/mol. The van der Waals surface area contributed by atoms with Gasteiger partial charge in [0.15, 0.2) is 5.13 Å². The highest BCUT2D eigenvalue weighted by Gasteiger charge is 2.05. The highest BCUT2D eigenvalue weighted by molar-refractivity contribution is 7.14. The van der Waals surface area contributed by atoms with E-state index in [1.54, 1.807) is 24.6 Å². The molecule has 0 radical (unpaired) electrons. The largest absolute Gasteiger partial charge is 0.497 e. The summed E-state index contributed by atoms with van der Waals surface area (Å²) in [5.41, 5.74) is 2.74. The maximum absolute atomic E-state index is 5.13. The zero-order chi connectivity index (χ0) is 13.8. The van der Waals surface area contributed by atoms with Crippen molar-refractivity contribution in [3.8, 4) is 17.1 Å². The summed E-state index contributed by atoms with van der Waals surface area (Å²) in [6.07, 6.45) is 1.77. The molecule has 0 unspecified atom stereocenters. The van der Waals surface area contributed by atoms with Gasteiger partial charge in [-0.25, -0.2) is 4.98 Å². The van der Waals surface area contributed by atoms with Gasteiger partial charge in [-0.05, 0) is 36.4 Å². The number of aromatic nitrogens is 2. The fourth-order valence-corrected chi connectivity index (χ4v) is 2.49. The minimum Gasteiger partial charge on any atom is -0.497 e. The molecule has 0 aliphatic heterocycles. The number of hydrogen-bond acceptors (Lipinski definition) is 5. The minimum absolute atomic E-state index is 0. The molecular formula is C15H14ClN3OS. The normalized spacial score (nSPS) is 9.76. The molecule has 0 fully saturated rings. The second-order valence-corrected chi connectivity index (χ2v) is 4.96. The quantitative estimate of drug-likeness (QED) is 0.775. The third-order valence-corrected chi connectivity index (χ3v) is 3.53. The topological polar surface area (TPSA) is 47.0 Å². The van der Waals surface area contributed by atoms with Crippen LogP contribution in [0.25, 0.3) is 11.4 Å². The number of halogens is 1. The van der Waals surface area contributed by atoms with Crippen molar-refractivity contribution in [3.63, 3.8) is 0 Å². The number of rotatable bonds is 4. The maximum Gasteiger partial charge on any atom is 0.187 e. The number of nitrogens with zero attached hydrogens (tertiary/aromatic N) is 2. The van der Waals surface area contributed by atoms with Crippen LogP contribution < -0.4 is 10.1 Å². The maximum atomic E-state index is 5.13. The molecule has 0 spiro atoms. The van der Waals surface area contributed by atoms with Gasteiger partial charge in [0.25, 0.3) is 0 Å². The SMILES string of the molecule is COc1ccc(Nc2nc(-c3ccccn3)cs2)cc1.Cl. The van der Waals surface area contributed by atoms with Crippen molar-refractivity contribution in [2.75, 3.05) is 12.4 Å². The van der Waals surface area contributed by atoms with Crippen molar-refractivity contribution in [2.24, 2.45) is 0 Å². The molecule has 4 nitrogen and oxygen atoms in total. The Labute approximate surface area is 133 Å². The number of thiazole rings is 1. The number of methoxy groups -OCH3 is 1. The predicted octanol–water partition coefficient (Wildman–Crippen LogP) is 4.38. The summed E-state index contributed by atoms with van der Waals surface area (Å²) >= 11 is 1.56. The average Bonchev–Trinajstić information content (AvgIpc) is 2.97. The van der Waals surface area contributed by atoms with E-state index in [1.807, 2.05) is 47.8 Å². The Morgan fingerprint density at radius 1 is 1.05 bits per heavy atom. The molecule has 1 N–H and O–H groups in total. The summed E-state index contributed by atoms with van der Waals surface area (Å²) in [5, 5.41) is 6.11. The minimum atomic E-state index is 0. The third-order valence-electron chi connectivity index (χ3n) is 2.77. The van der Waals surface area contributed by atoms with Gasteiger partial charge in [-0.3, -0.25) is 4.98 Å². The smallest absolute Gasteiger partial charge is 0.187 e. The van der Waals surface area contributed by atoms with Crippen LogP contribution in [0.4, 0.5) is 10.8 Å². The zero-order valence-electron chi connectivity index (χ0n) is 11.3. The van der Waals surface area contributed by atoms with Crippen molar-refractivity contribution in [3.05, 3.63) is 54.0 Å². The second kappa shape index (κ2) is 7.06. The Bertz CT molecular complexity index is 686. The first-order valence-electron chi connectivity index (χ1n) is 6.13. The fraction of sp³-hybridized carbons (Fsp3) is 0.0667. The Hall–Kier alpha value is -2.11. The van der Waals surface area contributed by atoms with E-state index in [0.29, 0.717) is 0 Å². The molecule has 2 aromatic heterocycles. The van der Waals surface area contributed by atoms with E-state index in [9.17, 15) is 0 Å². The molecule has 0 bridgehead atoms. The third kappa shape index (κ3) is 3.71. The second-order valence-electron chi connectivity index (χ2n) is 4.11. The van der Waals surface area contributed by atoms with Gasteiger partial charge in [-0.1, -0.05) is 6.07 Å². The van der Waals surface area contributed by atoms with Gasteiger partial charge in [0.05, 0.1) is 12.8 Å². The molecule has 21 heavy (non-hydrogen) atoms. The summed E-state index contributed by atoms with van der Waals surface area (Å²) in [4.78, 5) is 8.82. The van der Waals surface area contributed by atoms with Crippen LogP contribution in [0.3, 0.4) is 0 Å². The molecule has 108 valence electrons. The van der Waals surface area contributed by atoms with E-state index in [0.717, 1.165) is 28.0 Å². The van der Waals surface area contributed by atoms with Crippen molar-refractivity contribution in [2.45, 2.75) is 0 Å². The van der Waals surface area contributed by atoms with E-state index in [1.165, 1.54) is 0 Å². The molecule has 0 aliphatic carbocycles. The Morgan fingerprint density at radius 2 is 1.86 bits per heavy atom. The molecular weight excluding hydrogens is 306 g/mol. The molecule has 2 heterocycles.